The van der Waals surface area contributed by atoms with Gasteiger partial charge in [-0.15, -0.1) is 0 Å². The first-order valence-electron chi connectivity index (χ1n) is 6.08. The predicted molar refractivity (Wildman–Crippen MR) is 76.4 cm³/mol. The number of benzene rings is 1. The van der Waals surface area contributed by atoms with Gasteiger partial charge in [-0.2, -0.15) is 0 Å². The summed E-state index contributed by atoms with van der Waals surface area (Å²) in [5, 5.41) is 3.16. The minimum atomic E-state index is -0.299. The highest BCUT2D eigenvalue weighted by molar-refractivity contribution is 7.80. The summed E-state index contributed by atoms with van der Waals surface area (Å²) in [4.78, 5) is 2.51. The molecule has 0 radical (unpaired) electrons. The molecule has 18 heavy (non-hydrogen) atoms. The molecule has 1 aromatic carbocycles. The summed E-state index contributed by atoms with van der Waals surface area (Å²) >= 11 is 4.82. The monoisotopic (exact) mass is 267 g/mol. The van der Waals surface area contributed by atoms with Crippen molar-refractivity contribution in [1.29, 1.82) is 0 Å². The molecule has 0 amide bonds. The summed E-state index contributed by atoms with van der Waals surface area (Å²) in [5.41, 5.74) is 6.54. The second-order valence-corrected chi connectivity index (χ2v) is 5.30. The Labute approximate surface area is 112 Å². The van der Waals surface area contributed by atoms with E-state index in [1.807, 2.05) is 0 Å². The molecule has 1 fully saturated rings. The molecule has 1 atom stereocenters. The van der Waals surface area contributed by atoms with E-state index in [1.54, 1.807) is 12.1 Å². The van der Waals surface area contributed by atoms with Crippen LogP contribution in [0, 0.1) is 11.7 Å². The van der Waals surface area contributed by atoms with Crippen molar-refractivity contribution < 1.29 is 4.39 Å². The third kappa shape index (κ3) is 3.17. The third-order valence-electron chi connectivity index (χ3n) is 3.32. The zero-order chi connectivity index (χ0) is 13.1. The molecule has 3 nitrogen and oxygen atoms in total. The van der Waals surface area contributed by atoms with Crippen LogP contribution in [0.3, 0.4) is 0 Å². The zero-order valence-electron chi connectivity index (χ0n) is 10.4. The largest absolute Gasteiger partial charge is 0.389 e. The zero-order valence-corrected chi connectivity index (χ0v) is 11.3. The van der Waals surface area contributed by atoms with E-state index in [0.717, 1.165) is 26.1 Å². The number of halogens is 1. The van der Waals surface area contributed by atoms with Gasteiger partial charge < -0.3 is 16.0 Å². The van der Waals surface area contributed by atoms with Crippen molar-refractivity contribution in [3.8, 4) is 0 Å². The molecule has 1 aromatic rings. The Morgan fingerprint density at radius 3 is 2.94 bits per heavy atom. The van der Waals surface area contributed by atoms with Gasteiger partial charge in [-0.05, 0) is 44.1 Å². The van der Waals surface area contributed by atoms with Crippen LogP contribution in [0.1, 0.15) is 12.0 Å². The van der Waals surface area contributed by atoms with E-state index in [-0.39, 0.29) is 10.8 Å². The Balaban J connectivity index is 1.95. The summed E-state index contributed by atoms with van der Waals surface area (Å²) in [6, 6.07) is 4.82. The van der Waals surface area contributed by atoms with Crippen LogP contribution in [0.25, 0.3) is 0 Å². The van der Waals surface area contributed by atoms with E-state index in [0.29, 0.717) is 17.2 Å². The lowest BCUT2D eigenvalue weighted by Gasteiger charge is -2.13. The Morgan fingerprint density at radius 1 is 1.61 bits per heavy atom. The first-order chi connectivity index (χ1) is 8.56. The number of thiocarbonyl (C=S) groups is 1. The van der Waals surface area contributed by atoms with Crippen molar-refractivity contribution in [2.24, 2.45) is 11.7 Å². The molecular weight excluding hydrogens is 249 g/mol. The van der Waals surface area contributed by atoms with E-state index in [1.165, 1.54) is 6.07 Å². The maximum Gasteiger partial charge on any atom is 0.146 e. The average Bonchev–Trinajstić information content (AvgIpc) is 2.73. The van der Waals surface area contributed by atoms with Gasteiger partial charge in [0.2, 0.25) is 0 Å². The van der Waals surface area contributed by atoms with Gasteiger partial charge in [0.15, 0.2) is 0 Å². The highest BCUT2D eigenvalue weighted by Gasteiger charge is 2.19. The third-order valence-corrected chi connectivity index (χ3v) is 3.56. The molecule has 0 aromatic heterocycles. The van der Waals surface area contributed by atoms with Crippen LogP contribution < -0.4 is 11.1 Å². The lowest BCUT2D eigenvalue weighted by molar-refractivity contribution is 0.399. The SMILES string of the molecule is CN1CCC(CNc2ccc(C(N)=S)cc2F)C1. The highest BCUT2D eigenvalue weighted by Crippen LogP contribution is 2.19. The van der Waals surface area contributed by atoms with Crippen LogP contribution in [0.2, 0.25) is 0 Å². The van der Waals surface area contributed by atoms with E-state index in [9.17, 15) is 4.39 Å². The van der Waals surface area contributed by atoms with Gasteiger partial charge >= 0.3 is 0 Å². The summed E-state index contributed by atoms with van der Waals surface area (Å²) in [6.07, 6.45) is 1.16. The lowest BCUT2D eigenvalue weighted by Crippen LogP contribution is -2.19. The Hall–Kier alpha value is -1.20. The van der Waals surface area contributed by atoms with Crippen LogP contribution in [-0.4, -0.2) is 36.6 Å². The molecule has 98 valence electrons. The van der Waals surface area contributed by atoms with E-state index < -0.39 is 0 Å². The fraction of sp³-hybridized carbons (Fsp3) is 0.462. The van der Waals surface area contributed by atoms with E-state index in [2.05, 4.69) is 17.3 Å². The molecule has 0 saturated carbocycles. The molecular formula is C13H18FN3S. The minimum absolute atomic E-state index is 0.220. The van der Waals surface area contributed by atoms with Gasteiger partial charge in [0.05, 0.1) is 5.69 Å². The first kappa shape index (κ1) is 13.2. The first-order valence-corrected chi connectivity index (χ1v) is 6.49. The molecule has 0 spiro atoms. The number of nitrogens with zero attached hydrogens (tertiary/aromatic N) is 1. The Kier molecular flexibility index (Phi) is 4.14. The summed E-state index contributed by atoms with van der Waals surface area (Å²) in [5.74, 6) is 0.288. The number of rotatable bonds is 4. The van der Waals surface area contributed by atoms with Crippen molar-refractivity contribution in [3.05, 3.63) is 29.6 Å². The standard InChI is InChI=1S/C13H18FN3S/c1-17-5-4-9(8-17)7-16-12-3-2-10(13(15)18)6-11(12)14/h2-3,6,9,16H,4-5,7-8H2,1H3,(H2,15,18). The van der Waals surface area contributed by atoms with Crippen molar-refractivity contribution in [2.75, 3.05) is 32.0 Å². The van der Waals surface area contributed by atoms with Gasteiger partial charge in [0.25, 0.3) is 0 Å². The van der Waals surface area contributed by atoms with Gasteiger partial charge in [0.1, 0.15) is 10.8 Å². The van der Waals surface area contributed by atoms with Crippen LogP contribution in [0.5, 0.6) is 0 Å². The fourth-order valence-electron chi connectivity index (χ4n) is 2.26. The highest BCUT2D eigenvalue weighted by atomic mass is 32.1. The normalized spacial score (nSPS) is 20.0. The van der Waals surface area contributed by atoms with E-state index >= 15 is 0 Å². The molecule has 1 aliphatic rings. The molecule has 2 rings (SSSR count). The predicted octanol–water partition coefficient (Wildman–Crippen LogP) is 1.82. The average molecular weight is 267 g/mol. The minimum Gasteiger partial charge on any atom is -0.389 e. The van der Waals surface area contributed by atoms with Crippen molar-refractivity contribution >= 4 is 22.9 Å². The molecule has 3 N–H and O–H groups in total. The molecule has 0 bridgehead atoms. The van der Waals surface area contributed by atoms with Crippen LogP contribution in [0.15, 0.2) is 18.2 Å². The second kappa shape index (κ2) is 5.63. The second-order valence-electron chi connectivity index (χ2n) is 4.86. The number of likely N-dealkylation sites (tertiary alicyclic amines) is 1. The lowest BCUT2D eigenvalue weighted by atomic mass is 10.1. The molecule has 1 unspecified atom stereocenters. The smallest absolute Gasteiger partial charge is 0.146 e. The van der Waals surface area contributed by atoms with Crippen molar-refractivity contribution in [3.63, 3.8) is 0 Å². The fourth-order valence-corrected chi connectivity index (χ4v) is 2.39. The van der Waals surface area contributed by atoms with Gasteiger partial charge in [-0.25, -0.2) is 4.39 Å². The topological polar surface area (TPSA) is 41.3 Å². The van der Waals surface area contributed by atoms with Gasteiger partial charge in [0, 0.05) is 18.7 Å². The van der Waals surface area contributed by atoms with Gasteiger partial charge in [-0.3, -0.25) is 0 Å². The quantitative estimate of drug-likeness (QED) is 0.817. The van der Waals surface area contributed by atoms with Crippen molar-refractivity contribution in [1.82, 2.24) is 4.90 Å². The van der Waals surface area contributed by atoms with Crippen LogP contribution >= 0.6 is 12.2 Å². The number of hydrogen-bond acceptors (Lipinski definition) is 3. The molecule has 5 heteroatoms. The Morgan fingerprint density at radius 2 is 2.39 bits per heavy atom. The van der Waals surface area contributed by atoms with Crippen LogP contribution in [-0.2, 0) is 0 Å². The number of nitrogens with one attached hydrogen (secondary N) is 1. The summed E-state index contributed by atoms with van der Waals surface area (Å²) in [7, 11) is 2.11. The number of hydrogen-bond donors (Lipinski definition) is 2. The summed E-state index contributed by atoms with van der Waals surface area (Å²) in [6.45, 7) is 2.99. The number of nitrogens with two attached hydrogens (primary N) is 1. The molecule has 0 aliphatic carbocycles. The van der Waals surface area contributed by atoms with Crippen molar-refractivity contribution in [2.45, 2.75) is 6.42 Å². The number of anilines is 1. The molecule has 1 saturated heterocycles. The van der Waals surface area contributed by atoms with Gasteiger partial charge in [-0.1, -0.05) is 12.2 Å². The maximum absolute atomic E-state index is 13.8. The molecule has 1 aliphatic heterocycles. The summed E-state index contributed by atoms with van der Waals surface area (Å²) < 4.78 is 13.8. The molecule has 1 heterocycles. The van der Waals surface area contributed by atoms with Crippen LogP contribution in [0.4, 0.5) is 10.1 Å². The van der Waals surface area contributed by atoms with E-state index in [4.69, 9.17) is 18.0 Å². The Bertz CT molecular complexity index is 450. The maximum atomic E-state index is 13.8.